The Kier molecular flexibility index (Phi) is 21.9. The minimum atomic E-state index is -0.104. The Morgan fingerprint density at radius 1 is 0.557 bits per heavy atom. The van der Waals surface area contributed by atoms with Gasteiger partial charge in [0.05, 0.1) is 42.4 Å². The van der Waals surface area contributed by atoms with E-state index in [4.69, 9.17) is 0 Å². The first-order valence-corrected chi connectivity index (χ1v) is 26.3. The van der Waals surface area contributed by atoms with Gasteiger partial charge >= 0.3 is 0 Å². The summed E-state index contributed by atoms with van der Waals surface area (Å²) in [6.45, 7) is 46.7. The Labute approximate surface area is 465 Å². The van der Waals surface area contributed by atoms with E-state index in [9.17, 15) is 14.4 Å². The van der Waals surface area contributed by atoms with Gasteiger partial charge in [-0.3, -0.25) is 14.4 Å². The second-order valence-electron chi connectivity index (χ2n) is 20.8. The van der Waals surface area contributed by atoms with E-state index in [1.54, 1.807) is 32.6 Å². The largest absolute Gasteiger partial charge is 0.352 e. The number of aliphatic imine (C=N–C) groups is 1. The lowest BCUT2D eigenvalue weighted by atomic mass is 10.2. The smallest absolute Gasteiger partial charge is 0.275 e. The summed E-state index contributed by atoms with van der Waals surface area (Å²) in [5.41, 5.74) is 9.74. The molecule has 22 nitrogen and oxygen atoms in total. The number of hydrogen-bond acceptors (Lipinski definition) is 15. The number of nitrogens with zero attached hydrogens (tertiary/aromatic N) is 15. The van der Waals surface area contributed by atoms with E-state index in [0.29, 0.717) is 65.6 Å². The number of fused-ring (bicyclic) bond motifs is 4. The van der Waals surface area contributed by atoms with Gasteiger partial charge in [-0.1, -0.05) is 20.6 Å². The van der Waals surface area contributed by atoms with Gasteiger partial charge in [0, 0.05) is 66.1 Å². The van der Waals surface area contributed by atoms with E-state index in [2.05, 4.69) is 171 Å². The van der Waals surface area contributed by atoms with Crippen molar-refractivity contribution < 1.29 is 9.59 Å². The highest BCUT2D eigenvalue weighted by atomic mass is 16.2. The number of aryl methyl sites for hydroxylation is 4. The average Bonchev–Trinajstić information content (AvgIpc) is 4.18. The average molecular weight is 1080 g/mol. The van der Waals surface area contributed by atoms with Crippen LogP contribution >= 0.6 is 0 Å². The minimum absolute atomic E-state index is 0. The highest BCUT2D eigenvalue weighted by Gasteiger charge is 2.23. The number of H-pyrrole nitrogens is 1. The fourth-order valence-electron chi connectivity index (χ4n) is 8.14. The first-order valence-electron chi connectivity index (χ1n) is 26.3. The third-order valence-corrected chi connectivity index (χ3v) is 12.6. The van der Waals surface area contributed by atoms with Gasteiger partial charge in [0.25, 0.3) is 17.4 Å². The Bertz CT molecular complexity index is 3420. The van der Waals surface area contributed by atoms with E-state index in [1.807, 2.05) is 85.2 Å². The Hall–Kier alpha value is -8.30. The number of nitrogens with one attached hydrogen (secondary N) is 4. The lowest BCUT2D eigenvalue weighted by Gasteiger charge is -2.31. The molecule has 10 heterocycles. The molecule has 0 atom stereocenters. The van der Waals surface area contributed by atoms with E-state index in [0.717, 1.165) is 68.1 Å². The molecule has 22 heteroatoms. The molecular formula is C57H85N19O3. The lowest BCUT2D eigenvalue weighted by Crippen LogP contribution is -2.40. The molecule has 79 heavy (non-hydrogen) atoms. The Balaban J connectivity index is 0.000000204. The van der Waals surface area contributed by atoms with Crippen LogP contribution in [0.3, 0.4) is 0 Å². The van der Waals surface area contributed by atoms with E-state index in [1.165, 1.54) is 5.57 Å². The molecule has 426 valence electrons. The van der Waals surface area contributed by atoms with Crippen molar-refractivity contribution in [3.8, 4) is 0 Å². The molecular weight excluding hydrogens is 999 g/mol. The van der Waals surface area contributed by atoms with Crippen molar-refractivity contribution in [3.63, 3.8) is 0 Å². The first kappa shape index (κ1) is 63.2. The number of anilines is 1. The minimum Gasteiger partial charge on any atom is -0.352 e. The fourth-order valence-corrected chi connectivity index (χ4v) is 8.14. The lowest BCUT2D eigenvalue weighted by molar-refractivity contribution is -0.117. The van der Waals surface area contributed by atoms with Crippen molar-refractivity contribution in [2.45, 2.75) is 175 Å². The van der Waals surface area contributed by atoms with Gasteiger partial charge in [-0.2, -0.15) is 0 Å². The molecule has 2 amide bonds. The van der Waals surface area contributed by atoms with Gasteiger partial charge < -0.3 is 49.0 Å². The van der Waals surface area contributed by atoms with E-state index < -0.39 is 0 Å². The molecule has 0 radical (unpaired) electrons. The number of carbonyl (C=O) groups is 2. The monoisotopic (exact) mass is 1080 g/mol. The molecule has 0 unspecified atom stereocenters. The second kappa shape index (κ2) is 27.3. The van der Waals surface area contributed by atoms with Crippen LogP contribution in [-0.2, 0) is 4.79 Å². The summed E-state index contributed by atoms with van der Waals surface area (Å²) >= 11 is 0. The van der Waals surface area contributed by atoms with Gasteiger partial charge in [-0.05, 0) is 143 Å². The van der Waals surface area contributed by atoms with Crippen molar-refractivity contribution >= 4 is 56.7 Å². The number of rotatable bonds is 6. The third-order valence-electron chi connectivity index (χ3n) is 12.6. The second-order valence-corrected chi connectivity index (χ2v) is 20.8. The zero-order chi connectivity index (χ0) is 58.0. The molecule has 0 spiro atoms. The zero-order valence-electron chi connectivity index (χ0n) is 49.1. The van der Waals surface area contributed by atoms with Crippen molar-refractivity contribution in [2.75, 3.05) is 12.0 Å². The van der Waals surface area contributed by atoms with E-state index >= 15 is 0 Å². The summed E-state index contributed by atoms with van der Waals surface area (Å²) in [6, 6.07) is 3.97. The Morgan fingerprint density at radius 2 is 1.11 bits per heavy atom. The molecule has 0 bridgehead atoms. The maximum Gasteiger partial charge on any atom is 0.275 e. The van der Waals surface area contributed by atoms with Crippen LogP contribution < -0.4 is 21.5 Å². The van der Waals surface area contributed by atoms with Gasteiger partial charge in [0.1, 0.15) is 52.1 Å². The van der Waals surface area contributed by atoms with Crippen molar-refractivity contribution in [3.05, 3.63) is 125 Å². The molecule has 7 aromatic heterocycles. The molecule has 3 aliphatic heterocycles. The topological polar surface area (TPSA) is 245 Å². The fraction of sp³-hybridized carbons (Fsp3) is 0.474. The summed E-state index contributed by atoms with van der Waals surface area (Å²) in [5, 5.41) is 9.10. The Morgan fingerprint density at radius 3 is 1.70 bits per heavy atom. The number of allylic oxidation sites excluding steroid dienone is 1. The SMILES string of the molecule is C.C=C1N=C(C)C(C)=CN1C(C)C.C=C1NC(=O)C(C)=CN1C(C)C.CC(C)n1cnc2c1NCNC2=O.Cc1nc(C)c2ncn(C(C)C)c2n1.Cc1nc2c(ccn2C(C)C)c(=O)[nH]1.Cc1ncnc2c1ncn2C(C)C. The molecule has 4 N–H and O–H groups in total. The van der Waals surface area contributed by atoms with Crippen LogP contribution in [0.5, 0.6) is 0 Å². The van der Waals surface area contributed by atoms with Crippen molar-refractivity contribution in [2.24, 2.45) is 4.99 Å². The molecule has 0 saturated heterocycles. The van der Waals surface area contributed by atoms with Crippen molar-refractivity contribution in [1.82, 2.24) is 83.6 Å². The van der Waals surface area contributed by atoms with Crippen molar-refractivity contribution in [1.29, 1.82) is 0 Å². The third kappa shape index (κ3) is 15.5. The van der Waals surface area contributed by atoms with Crippen LogP contribution in [0, 0.1) is 27.7 Å². The number of aromatic amines is 1. The molecule has 3 aliphatic rings. The summed E-state index contributed by atoms with van der Waals surface area (Å²) < 4.78 is 8.06. The van der Waals surface area contributed by atoms with Gasteiger partial charge in [-0.15, -0.1) is 0 Å². The van der Waals surface area contributed by atoms with Crippen LogP contribution in [0.2, 0.25) is 0 Å². The van der Waals surface area contributed by atoms with Crippen LogP contribution in [0.25, 0.3) is 33.4 Å². The predicted molar refractivity (Wildman–Crippen MR) is 317 cm³/mol. The molecule has 0 fully saturated rings. The predicted octanol–water partition coefficient (Wildman–Crippen LogP) is 10.3. The highest BCUT2D eigenvalue weighted by molar-refractivity contribution is 5.99. The molecule has 7 aromatic rings. The van der Waals surface area contributed by atoms with Gasteiger partial charge in [0.2, 0.25) is 0 Å². The number of aromatic nitrogens is 13. The molecule has 0 saturated carbocycles. The zero-order valence-corrected chi connectivity index (χ0v) is 49.1. The maximum absolute atomic E-state index is 11.5. The number of imidazole rings is 3. The standard InChI is InChI=1S/C10H14N4.C10H13N3O.C10H16N2.C9H12N4.C9H14N2O.C8H12N4O.CH4/c1-6(2)14-5-11-9-7(3)12-8(4)13-10(9)14;1-6(2)13-5-4-8-9(13)11-7(3)12-10(8)14;1-7(2)12-6-8(3)9(4)11-10(12)5;1-6(2)13-5-12-8-7(3)10-4-11-9(8)13;1-6(2)11-5-7(3)9(12)10-8(11)4;1-5(2)12-4-11-6-7(12)9-3-10-8(6)13;/h5-6H,1-4H3;4-6H,1-3H3,(H,11,12,14);6-7H,5H2,1-4H3;4-6H,1-3H3;5-6H,4H2,1-3H3,(H,10,12);4-5,9H,3H2,1-2H3,(H,10,13);1H4. The molecule has 10 rings (SSSR count). The highest BCUT2D eigenvalue weighted by Crippen LogP contribution is 2.23. The van der Waals surface area contributed by atoms with Crippen LogP contribution in [0.1, 0.15) is 169 Å². The molecule has 0 aromatic carbocycles. The number of amides is 2. The van der Waals surface area contributed by atoms with Crippen LogP contribution in [-0.4, -0.2) is 109 Å². The summed E-state index contributed by atoms with van der Waals surface area (Å²) in [7, 11) is 0. The van der Waals surface area contributed by atoms with Crippen LogP contribution in [0.4, 0.5) is 5.82 Å². The summed E-state index contributed by atoms with van der Waals surface area (Å²) in [6.07, 6.45) is 12.7. The quantitative estimate of drug-likeness (QED) is 0.121. The number of hydrogen-bond donors (Lipinski definition) is 4. The van der Waals surface area contributed by atoms with Gasteiger partial charge in [0.15, 0.2) is 17.0 Å². The van der Waals surface area contributed by atoms with Gasteiger partial charge in [-0.25, -0.2) is 44.9 Å². The first-order chi connectivity index (χ1) is 36.6. The summed E-state index contributed by atoms with van der Waals surface area (Å²) in [5.74, 6) is 3.61. The van der Waals surface area contributed by atoms with E-state index in [-0.39, 0.29) is 24.8 Å². The molecule has 0 aliphatic carbocycles. The maximum atomic E-state index is 11.5. The number of carbonyl (C=O) groups excluding carboxylic acids is 2. The van der Waals surface area contributed by atoms with Crippen LogP contribution in [0.15, 0.2) is 95.7 Å². The normalized spacial score (nSPS) is 13.9. The summed E-state index contributed by atoms with van der Waals surface area (Å²) in [4.78, 5) is 79.0.